The average molecular weight is 279 g/mol. The molecule has 1 unspecified atom stereocenters. The number of aliphatic hydroxyl groups is 1. The summed E-state index contributed by atoms with van der Waals surface area (Å²) in [5.74, 6) is 1.07. The summed E-state index contributed by atoms with van der Waals surface area (Å²) in [6.45, 7) is 0.943. The highest BCUT2D eigenvalue weighted by molar-refractivity contribution is 6.32. The molecule has 0 spiro atoms. The number of ether oxygens (including phenoxy) is 2. The number of nitrogens with zero attached hydrogens (tertiary/aromatic N) is 2. The molecule has 1 atom stereocenters. The molecule has 1 aliphatic heterocycles. The van der Waals surface area contributed by atoms with Crippen LogP contribution in [0.15, 0.2) is 30.9 Å². The van der Waals surface area contributed by atoms with E-state index >= 15 is 0 Å². The standard InChI is InChI=1S/C13H11ClN2O3/c14-10-3-8(4-11-13(10)19-2-1-18-11)12(17)9-5-15-7-16-6-9/h3-7,12,17H,1-2H2. The van der Waals surface area contributed by atoms with Crippen molar-refractivity contribution in [3.8, 4) is 11.5 Å². The van der Waals surface area contributed by atoms with Crippen molar-refractivity contribution in [1.29, 1.82) is 0 Å². The molecule has 19 heavy (non-hydrogen) atoms. The Morgan fingerprint density at radius 3 is 2.63 bits per heavy atom. The van der Waals surface area contributed by atoms with Gasteiger partial charge in [0.25, 0.3) is 0 Å². The molecule has 0 amide bonds. The second-order valence-electron chi connectivity index (χ2n) is 4.10. The Labute approximate surface area is 114 Å². The third-order valence-electron chi connectivity index (χ3n) is 2.83. The van der Waals surface area contributed by atoms with Crippen LogP contribution in [-0.2, 0) is 0 Å². The van der Waals surface area contributed by atoms with Crippen LogP contribution in [0.3, 0.4) is 0 Å². The number of fused-ring (bicyclic) bond motifs is 1. The number of hydrogen-bond acceptors (Lipinski definition) is 5. The molecule has 0 aliphatic carbocycles. The minimum atomic E-state index is -0.852. The topological polar surface area (TPSA) is 64.5 Å². The zero-order chi connectivity index (χ0) is 13.2. The average Bonchev–Trinajstić information content (AvgIpc) is 2.47. The van der Waals surface area contributed by atoms with Crippen molar-refractivity contribution in [2.24, 2.45) is 0 Å². The SMILES string of the molecule is OC(c1cncnc1)c1cc(Cl)c2c(c1)OCCO2. The van der Waals surface area contributed by atoms with E-state index in [0.717, 1.165) is 0 Å². The first-order valence-electron chi connectivity index (χ1n) is 5.77. The number of aliphatic hydroxyl groups excluding tert-OH is 1. The Morgan fingerprint density at radius 1 is 1.11 bits per heavy atom. The van der Waals surface area contributed by atoms with E-state index in [1.54, 1.807) is 24.5 Å². The first kappa shape index (κ1) is 12.2. The fraction of sp³-hybridized carbons (Fsp3) is 0.231. The fourth-order valence-corrected chi connectivity index (χ4v) is 2.21. The maximum atomic E-state index is 10.3. The maximum Gasteiger partial charge on any atom is 0.179 e. The smallest absolute Gasteiger partial charge is 0.179 e. The van der Waals surface area contributed by atoms with Gasteiger partial charge in [0.2, 0.25) is 0 Å². The zero-order valence-electron chi connectivity index (χ0n) is 9.91. The van der Waals surface area contributed by atoms with Crippen LogP contribution in [0.2, 0.25) is 5.02 Å². The molecule has 0 saturated heterocycles. The number of aromatic nitrogens is 2. The van der Waals surface area contributed by atoms with Crippen molar-refractivity contribution in [3.05, 3.63) is 47.0 Å². The van der Waals surface area contributed by atoms with Gasteiger partial charge in [0.1, 0.15) is 25.6 Å². The van der Waals surface area contributed by atoms with Gasteiger partial charge < -0.3 is 14.6 Å². The van der Waals surface area contributed by atoms with E-state index in [0.29, 0.717) is 40.9 Å². The van der Waals surface area contributed by atoms with Gasteiger partial charge in [-0.25, -0.2) is 9.97 Å². The summed E-state index contributed by atoms with van der Waals surface area (Å²) < 4.78 is 10.9. The van der Waals surface area contributed by atoms with Gasteiger partial charge in [-0.05, 0) is 17.7 Å². The van der Waals surface area contributed by atoms with Crippen LogP contribution in [0.25, 0.3) is 0 Å². The molecule has 0 bridgehead atoms. The molecule has 1 aliphatic rings. The molecule has 0 radical (unpaired) electrons. The monoisotopic (exact) mass is 278 g/mol. The summed E-state index contributed by atoms with van der Waals surface area (Å²) in [4.78, 5) is 7.76. The van der Waals surface area contributed by atoms with Crippen molar-refractivity contribution in [3.63, 3.8) is 0 Å². The Kier molecular flexibility index (Phi) is 3.23. The van der Waals surface area contributed by atoms with Gasteiger partial charge >= 0.3 is 0 Å². The molecular formula is C13H11ClN2O3. The Balaban J connectivity index is 1.99. The molecule has 6 heteroatoms. The highest BCUT2D eigenvalue weighted by atomic mass is 35.5. The number of halogens is 1. The quantitative estimate of drug-likeness (QED) is 0.910. The van der Waals surface area contributed by atoms with Crippen LogP contribution >= 0.6 is 11.6 Å². The largest absolute Gasteiger partial charge is 0.486 e. The van der Waals surface area contributed by atoms with Gasteiger partial charge in [0.05, 0.1) is 5.02 Å². The molecule has 0 fully saturated rings. The molecular weight excluding hydrogens is 268 g/mol. The van der Waals surface area contributed by atoms with E-state index in [1.807, 2.05) is 0 Å². The Morgan fingerprint density at radius 2 is 1.84 bits per heavy atom. The predicted octanol–water partition coefficient (Wildman–Crippen LogP) is 1.98. The van der Waals surface area contributed by atoms with Crippen LogP contribution < -0.4 is 9.47 Å². The van der Waals surface area contributed by atoms with Crippen LogP contribution in [-0.4, -0.2) is 28.3 Å². The minimum Gasteiger partial charge on any atom is -0.486 e. The summed E-state index contributed by atoms with van der Waals surface area (Å²) in [5.41, 5.74) is 1.21. The summed E-state index contributed by atoms with van der Waals surface area (Å²) >= 11 is 6.13. The third-order valence-corrected chi connectivity index (χ3v) is 3.11. The predicted molar refractivity (Wildman–Crippen MR) is 68.5 cm³/mol. The maximum absolute atomic E-state index is 10.3. The van der Waals surface area contributed by atoms with E-state index in [2.05, 4.69) is 9.97 Å². The second kappa shape index (κ2) is 5.03. The lowest BCUT2D eigenvalue weighted by molar-refractivity contribution is 0.170. The summed E-state index contributed by atoms with van der Waals surface area (Å²) in [6.07, 6.45) is 3.67. The minimum absolute atomic E-state index is 0.420. The lowest BCUT2D eigenvalue weighted by Crippen LogP contribution is -2.16. The molecule has 1 aromatic heterocycles. The van der Waals surface area contributed by atoms with E-state index in [1.165, 1.54) is 6.33 Å². The van der Waals surface area contributed by atoms with Gasteiger partial charge in [-0.15, -0.1) is 0 Å². The van der Waals surface area contributed by atoms with E-state index in [-0.39, 0.29) is 0 Å². The number of rotatable bonds is 2. The van der Waals surface area contributed by atoms with Gasteiger partial charge in [-0.2, -0.15) is 0 Å². The van der Waals surface area contributed by atoms with Gasteiger partial charge in [0.15, 0.2) is 11.5 Å². The first-order valence-corrected chi connectivity index (χ1v) is 6.15. The van der Waals surface area contributed by atoms with Gasteiger partial charge in [-0.3, -0.25) is 0 Å². The molecule has 2 aromatic rings. The highest BCUT2D eigenvalue weighted by Crippen LogP contribution is 2.40. The van der Waals surface area contributed by atoms with Crippen molar-refractivity contribution in [1.82, 2.24) is 9.97 Å². The molecule has 0 saturated carbocycles. The molecule has 1 N–H and O–H groups in total. The zero-order valence-corrected chi connectivity index (χ0v) is 10.7. The lowest BCUT2D eigenvalue weighted by atomic mass is 10.0. The van der Waals surface area contributed by atoms with E-state index < -0.39 is 6.10 Å². The van der Waals surface area contributed by atoms with Crippen LogP contribution in [0.4, 0.5) is 0 Å². The molecule has 3 rings (SSSR count). The Hall–Kier alpha value is -1.85. The normalized spacial score (nSPS) is 15.1. The van der Waals surface area contributed by atoms with Gasteiger partial charge in [-0.1, -0.05) is 11.6 Å². The van der Waals surface area contributed by atoms with Crippen molar-refractivity contribution >= 4 is 11.6 Å². The molecule has 2 heterocycles. The number of benzene rings is 1. The van der Waals surface area contributed by atoms with E-state index in [9.17, 15) is 5.11 Å². The highest BCUT2D eigenvalue weighted by Gasteiger charge is 2.20. The molecule has 98 valence electrons. The lowest BCUT2D eigenvalue weighted by Gasteiger charge is -2.21. The van der Waals surface area contributed by atoms with Crippen molar-refractivity contribution < 1.29 is 14.6 Å². The first-order chi connectivity index (χ1) is 9.25. The van der Waals surface area contributed by atoms with Crippen LogP contribution in [0.5, 0.6) is 11.5 Å². The summed E-state index contributed by atoms with van der Waals surface area (Å²) in [5, 5.41) is 10.7. The fourth-order valence-electron chi connectivity index (χ4n) is 1.93. The van der Waals surface area contributed by atoms with Crippen LogP contribution in [0, 0.1) is 0 Å². The third kappa shape index (κ3) is 2.34. The Bertz CT molecular complexity index is 592. The summed E-state index contributed by atoms with van der Waals surface area (Å²) in [6, 6.07) is 3.38. The summed E-state index contributed by atoms with van der Waals surface area (Å²) in [7, 11) is 0. The molecule has 5 nitrogen and oxygen atoms in total. The molecule has 1 aromatic carbocycles. The van der Waals surface area contributed by atoms with Crippen molar-refractivity contribution in [2.75, 3.05) is 13.2 Å². The van der Waals surface area contributed by atoms with Crippen LogP contribution in [0.1, 0.15) is 17.2 Å². The second-order valence-corrected chi connectivity index (χ2v) is 4.51. The van der Waals surface area contributed by atoms with Crippen molar-refractivity contribution in [2.45, 2.75) is 6.10 Å². The van der Waals surface area contributed by atoms with E-state index in [4.69, 9.17) is 21.1 Å². The number of hydrogen-bond donors (Lipinski definition) is 1. The van der Waals surface area contributed by atoms with Gasteiger partial charge in [0, 0.05) is 18.0 Å².